The number of hydrogen-bond donors (Lipinski definition) is 1. The van der Waals surface area contributed by atoms with Crippen molar-refractivity contribution < 1.29 is 13.5 Å². The number of piperidine rings is 2. The largest absolute Gasteiger partial charge is 0.487 e. The van der Waals surface area contributed by atoms with E-state index in [0.29, 0.717) is 5.56 Å². The number of anilines is 1. The van der Waals surface area contributed by atoms with E-state index in [1.165, 1.54) is 18.6 Å². The van der Waals surface area contributed by atoms with Gasteiger partial charge >= 0.3 is 0 Å². The highest BCUT2D eigenvalue weighted by atomic mass is 35.5. The maximum Gasteiger partial charge on any atom is 0.146 e. The molecule has 0 spiro atoms. The Morgan fingerprint density at radius 1 is 1.04 bits per heavy atom. The van der Waals surface area contributed by atoms with Gasteiger partial charge in [0.05, 0.1) is 11.3 Å². The number of benzene rings is 2. The van der Waals surface area contributed by atoms with Gasteiger partial charge in [-0.3, -0.25) is 0 Å². The molecule has 6 heteroatoms. The minimum atomic E-state index is -0.633. The first kappa shape index (κ1) is 18.2. The number of fused-ring (bicyclic) bond motifs is 3. The molecule has 3 heterocycles. The predicted octanol–water partition coefficient (Wildman–Crippen LogP) is 5.11. The lowest BCUT2D eigenvalue weighted by molar-refractivity contribution is 0.172. The van der Waals surface area contributed by atoms with Gasteiger partial charge in [0.1, 0.15) is 23.5 Å². The van der Waals surface area contributed by atoms with Gasteiger partial charge in [-0.15, -0.1) is 0 Å². The van der Waals surface area contributed by atoms with E-state index in [0.717, 1.165) is 62.4 Å². The second-order valence-corrected chi connectivity index (χ2v) is 8.40. The summed E-state index contributed by atoms with van der Waals surface area (Å²) in [5.74, 6) is -0.150. The van der Waals surface area contributed by atoms with Gasteiger partial charge in [0.25, 0.3) is 0 Å². The molecule has 0 amide bonds. The Kier molecular flexibility index (Phi) is 4.68. The van der Waals surface area contributed by atoms with Crippen LogP contribution in [0.2, 0.25) is 5.02 Å². The van der Waals surface area contributed by atoms with Crippen LogP contribution in [0.15, 0.2) is 24.3 Å². The molecule has 0 aliphatic carbocycles. The van der Waals surface area contributed by atoms with Crippen molar-refractivity contribution in [1.82, 2.24) is 5.32 Å². The van der Waals surface area contributed by atoms with Crippen LogP contribution in [0.4, 0.5) is 14.5 Å². The van der Waals surface area contributed by atoms with Crippen LogP contribution in [0.5, 0.6) is 5.75 Å². The highest BCUT2D eigenvalue weighted by Crippen LogP contribution is 2.49. The molecular weight excluding hydrogens is 382 g/mol. The maximum atomic E-state index is 14.7. The average Bonchev–Trinajstić information content (AvgIpc) is 3.06. The minimum absolute atomic E-state index is 0.0160. The van der Waals surface area contributed by atoms with Gasteiger partial charge < -0.3 is 15.0 Å². The second-order valence-electron chi connectivity index (χ2n) is 7.96. The Morgan fingerprint density at radius 2 is 1.79 bits per heavy atom. The Hall–Kier alpha value is -1.85. The molecule has 5 rings (SSSR count). The maximum absolute atomic E-state index is 14.7. The summed E-state index contributed by atoms with van der Waals surface area (Å²) in [6, 6.07) is 6.16. The van der Waals surface area contributed by atoms with E-state index in [1.807, 2.05) is 12.1 Å². The molecule has 3 aliphatic heterocycles. The molecule has 2 aromatic carbocycles. The molecule has 3 aliphatic rings. The van der Waals surface area contributed by atoms with Crippen LogP contribution in [-0.2, 0) is 0 Å². The van der Waals surface area contributed by atoms with Crippen molar-refractivity contribution in [2.75, 3.05) is 31.1 Å². The first-order valence-electron chi connectivity index (χ1n) is 10.1. The fourth-order valence-corrected chi connectivity index (χ4v) is 5.00. The summed E-state index contributed by atoms with van der Waals surface area (Å²) in [7, 11) is 0. The monoisotopic (exact) mass is 404 g/mol. The smallest absolute Gasteiger partial charge is 0.146 e. The molecule has 0 radical (unpaired) electrons. The topological polar surface area (TPSA) is 24.5 Å². The summed E-state index contributed by atoms with van der Waals surface area (Å²) < 4.78 is 35.7. The Labute approximate surface area is 168 Å². The van der Waals surface area contributed by atoms with Gasteiger partial charge in [-0.25, -0.2) is 8.78 Å². The van der Waals surface area contributed by atoms with Crippen LogP contribution in [0.3, 0.4) is 0 Å². The summed E-state index contributed by atoms with van der Waals surface area (Å²) in [4.78, 5) is 2.31. The van der Waals surface area contributed by atoms with Crippen molar-refractivity contribution >= 4 is 17.3 Å². The Balaban J connectivity index is 1.67. The van der Waals surface area contributed by atoms with E-state index in [4.69, 9.17) is 16.3 Å². The van der Waals surface area contributed by atoms with Crippen LogP contribution in [0.25, 0.3) is 11.1 Å². The van der Waals surface area contributed by atoms with E-state index >= 15 is 0 Å². The SMILES string of the molecule is Fc1cc(Cl)cc(F)c1-c1cc2c(c(N3CCCCC3)c1)O[C@H]1CCNC[C@@H]21. The van der Waals surface area contributed by atoms with E-state index < -0.39 is 11.6 Å². The lowest BCUT2D eigenvalue weighted by Crippen LogP contribution is -2.37. The average molecular weight is 405 g/mol. The number of halogens is 3. The third kappa shape index (κ3) is 3.05. The Bertz CT molecular complexity index is 891. The van der Waals surface area contributed by atoms with Crippen molar-refractivity contribution in [2.45, 2.75) is 37.7 Å². The van der Waals surface area contributed by atoms with E-state index in [9.17, 15) is 8.78 Å². The first-order chi connectivity index (χ1) is 13.6. The fourth-order valence-electron chi connectivity index (χ4n) is 4.81. The summed E-state index contributed by atoms with van der Waals surface area (Å²) in [5.41, 5.74) is 2.57. The van der Waals surface area contributed by atoms with Gasteiger partial charge in [0.2, 0.25) is 0 Å². The molecule has 148 valence electrons. The zero-order valence-corrected chi connectivity index (χ0v) is 16.4. The standard InChI is InChI=1S/C22H23ClF2N2O/c23-14-10-17(24)21(18(25)11-14)13-8-15-16-12-26-5-4-20(16)28-22(15)19(9-13)27-6-2-1-3-7-27/h8-11,16,20,26H,1-7,12H2/t16-,20-/m0/s1. The van der Waals surface area contributed by atoms with Gasteiger partial charge in [-0.1, -0.05) is 11.6 Å². The van der Waals surface area contributed by atoms with Crippen LogP contribution in [-0.4, -0.2) is 32.3 Å². The summed E-state index contributed by atoms with van der Waals surface area (Å²) in [5, 5.41) is 3.49. The molecule has 0 unspecified atom stereocenters. The molecule has 3 nitrogen and oxygen atoms in total. The van der Waals surface area contributed by atoms with Gasteiger partial charge in [0, 0.05) is 36.1 Å². The molecule has 0 bridgehead atoms. The van der Waals surface area contributed by atoms with Gasteiger partial charge in [-0.2, -0.15) is 0 Å². The molecule has 2 aromatic rings. The molecule has 28 heavy (non-hydrogen) atoms. The molecule has 2 saturated heterocycles. The third-order valence-corrected chi connectivity index (χ3v) is 6.40. The van der Waals surface area contributed by atoms with E-state index in [-0.39, 0.29) is 22.6 Å². The minimum Gasteiger partial charge on any atom is -0.487 e. The van der Waals surface area contributed by atoms with Crippen LogP contribution in [0.1, 0.15) is 37.2 Å². The van der Waals surface area contributed by atoms with Crippen molar-refractivity contribution in [3.8, 4) is 16.9 Å². The lowest BCUT2D eigenvalue weighted by atomic mass is 9.88. The molecule has 2 atom stereocenters. The zero-order valence-electron chi connectivity index (χ0n) is 15.6. The number of nitrogens with zero attached hydrogens (tertiary/aromatic N) is 1. The third-order valence-electron chi connectivity index (χ3n) is 6.18. The predicted molar refractivity (Wildman–Crippen MR) is 108 cm³/mol. The zero-order chi connectivity index (χ0) is 19.3. The van der Waals surface area contributed by atoms with Crippen molar-refractivity contribution in [3.63, 3.8) is 0 Å². The van der Waals surface area contributed by atoms with Crippen molar-refractivity contribution in [3.05, 3.63) is 46.5 Å². The molecule has 0 saturated carbocycles. The van der Waals surface area contributed by atoms with E-state index in [1.54, 1.807) is 0 Å². The van der Waals surface area contributed by atoms with Crippen LogP contribution in [0, 0.1) is 11.6 Å². The van der Waals surface area contributed by atoms with Crippen LogP contribution >= 0.6 is 11.6 Å². The number of hydrogen-bond acceptors (Lipinski definition) is 3. The highest BCUT2D eigenvalue weighted by molar-refractivity contribution is 6.30. The first-order valence-corrected chi connectivity index (χ1v) is 10.4. The normalized spacial score (nSPS) is 23.9. The number of ether oxygens (including phenoxy) is 1. The highest BCUT2D eigenvalue weighted by Gasteiger charge is 2.39. The lowest BCUT2D eigenvalue weighted by Gasteiger charge is -2.30. The van der Waals surface area contributed by atoms with Gasteiger partial charge in [-0.05, 0) is 62.1 Å². The van der Waals surface area contributed by atoms with Crippen molar-refractivity contribution in [1.29, 1.82) is 0 Å². The van der Waals surface area contributed by atoms with Gasteiger partial charge in [0.15, 0.2) is 0 Å². The number of rotatable bonds is 2. The molecular formula is C22H23ClF2N2O. The summed E-state index contributed by atoms with van der Waals surface area (Å²) >= 11 is 5.83. The summed E-state index contributed by atoms with van der Waals surface area (Å²) in [6.45, 7) is 3.64. The summed E-state index contributed by atoms with van der Waals surface area (Å²) in [6.07, 6.45) is 4.54. The molecule has 2 fully saturated rings. The fraction of sp³-hybridized carbons (Fsp3) is 0.455. The van der Waals surface area contributed by atoms with Crippen molar-refractivity contribution in [2.24, 2.45) is 0 Å². The Morgan fingerprint density at radius 3 is 2.54 bits per heavy atom. The number of nitrogens with one attached hydrogen (secondary N) is 1. The van der Waals surface area contributed by atoms with E-state index in [2.05, 4.69) is 10.2 Å². The van der Waals surface area contributed by atoms with Crippen LogP contribution < -0.4 is 15.0 Å². The second kappa shape index (κ2) is 7.20. The molecule has 1 N–H and O–H groups in total. The molecule has 0 aromatic heterocycles. The quantitative estimate of drug-likeness (QED) is 0.752.